The molecule has 2 fully saturated rings. The lowest BCUT2D eigenvalue weighted by atomic mass is 9.95. The van der Waals surface area contributed by atoms with Crippen LogP contribution in [0.4, 0.5) is 0 Å². The highest BCUT2D eigenvalue weighted by molar-refractivity contribution is 5.89. The van der Waals surface area contributed by atoms with Gasteiger partial charge in [-0.05, 0) is 36.8 Å². The first-order valence-electron chi connectivity index (χ1n) is 8.01. The molecular weight excluding hydrogens is 278 g/mol. The Balaban J connectivity index is 1.42. The van der Waals surface area contributed by atoms with E-state index in [-0.39, 0.29) is 17.9 Å². The molecule has 116 valence electrons. The molecule has 0 aromatic heterocycles. The van der Waals surface area contributed by atoms with Crippen molar-refractivity contribution < 1.29 is 9.59 Å². The molecule has 1 atom stereocenters. The molecule has 3 aliphatic rings. The van der Waals surface area contributed by atoms with Crippen LogP contribution in [-0.4, -0.2) is 40.9 Å². The van der Waals surface area contributed by atoms with Crippen LogP contribution in [0.15, 0.2) is 24.3 Å². The maximum absolute atomic E-state index is 12.6. The Kier molecular flexibility index (Phi) is 3.01. The summed E-state index contributed by atoms with van der Waals surface area (Å²) in [7, 11) is 0. The third-order valence-corrected chi connectivity index (χ3v) is 5.06. The van der Waals surface area contributed by atoms with Crippen molar-refractivity contribution in [3.8, 4) is 0 Å². The van der Waals surface area contributed by atoms with Crippen molar-refractivity contribution in [2.45, 2.75) is 49.7 Å². The Bertz CT molecular complexity index is 614. The monoisotopic (exact) mass is 299 g/mol. The van der Waals surface area contributed by atoms with Gasteiger partial charge in [0, 0.05) is 19.0 Å². The summed E-state index contributed by atoms with van der Waals surface area (Å²) in [5.74, 6) is 0.0349. The molecule has 4 rings (SSSR count). The largest absolute Gasteiger partial charge is 0.349 e. The maximum atomic E-state index is 12.6. The average molecular weight is 299 g/mol. The topological polar surface area (TPSA) is 75.4 Å². The molecule has 1 aliphatic heterocycles. The first-order chi connectivity index (χ1) is 10.5. The van der Waals surface area contributed by atoms with Crippen LogP contribution in [-0.2, 0) is 22.4 Å². The van der Waals surface area contributed by atoms with Crippen molar-refractivity contribution in [3.63, 3.8) is 0 Å². The predicted octanol–water partition coefficient (Wildman–Crippen LogP) is 0.362. The first-order valence-corrected chi connectivity index (χ1v) is 8.01. The van der Waals surface area contributed by atoms with Crippen LogP contribution >= 0.6 is 0 Å². The van der Waals surface area contributed by atoms with E-state index in [1.807, 2.05) is 29.2 Å². The molecule has 2 aliphatic carbocycles. The number of fused-ring (bicyclic) bond motifs is 1. The van der Waals surface area contributed by atoms with Crippen molar-refractivity contribution >= 4 is 11.8 Å². The van der Waals surface area contributed by atoms with E-state index >= 15 is 0 Å². The van der Waals surface area contributed by atoms with Gasteiger partial charge in [-0.15, -0.1) is 0 Å². The van der Waals surface area contributed by atoms with E-state index < -0.39 is 5.54 Å². The van der Waals surface area contributed by atoms with E-state index in [2.05, 4.69) is 5.32 Å². The predicted molar refractivity (Wildman–Crippen MR) is 82.1 cm³/mol. The summed E-state index contributed by atoms with van der Waals surface area (Å²) in [6.45, 7) is 0.637. The molecule has 0 radical (unpaired) electrons. The molecule has 1 saturated carbocycles. The van der Waals surface area contributed by atoms with E-state index in [9.17, 15) is 9.59 Å². The second-order valence-electron chi connectivity index (χ2n) is 6.93. The molecular formula is C17H21N3O2. The van der Waals surface area contributed by atoms with Crippen LogP contribution < -0.4 is 11.1 Å². The number of rotatable bonds is 3. The number of likely N-dealkylation sites (tertiary alicyclic amines) is 1. The number of nitrogens with zero attached hydrogens (tertiary/aromatic N) is 1. The molecule has 1 saturated heterocycles. The van der Waals surface area contributed by atoms with Gasteiger partial charge in [0.1, 0.15) is 5.54 Å². The Morgan fingerprint density at radius 3 is 2.45 bits per heavy atom. The van der Waals surface area contributed by atoms with Crippen LogP contribution in [0.5, 0.6) is 0 Å². The Labute approximate surface area is 129 Å². The summed E-state index contributed by atoms with van der Waals surface area (Å²) in [6.07, 6.45) is 3.75. The fraction of sp³-hybridized carbons (Fsp3) is 0.529. The van der Waals surface area contributed by atoms with Gasteiger partial charge in [-0.1, -0.05) is 24.3 Å². The number of nitrogens with two attached hydrogens (primary N) is 1. The zero-order valence-corrected chi connectivity index (χ0v) is 12.5. The van der Waals surface area contributed by atoms with Crippen LogP contribution in [0.25, 0.3) is 0 Å². The number of hydrogen-bond acceptors (Lipinski definition) is 3. The molecule has 1 aromatic carbocycles. The summed E-state index contributed by atoms with van der Waals surface area (Å²) >= 11 is 0. The van der Waals surface area contributed by atoms with Crippen LogP contribution in [0.3, 0.4) is 0 Å². The molecule has 2 amide bonds. The lowest BCUT2D eigenvalue weighted by molar-refractivity contribution is -0.128. The van der Waals surface area contributed by atoms with E-state index in [1.165, 1.54) is 0 Å². The fourth-order valence-corrected chi connectivity index (χ4v) is 3.70. The van der Waals surface area contributed by atoms with Gasteiger partial charge in [0.2, 0.25) is 11.8 Å². The Morgan fingerprint density at radius 2 is 1.86 bits per heavy atom. The molecule has 5 heteroatoms. The van der Waals surface area contributed by atoms with Gasteiger partial charge < -0.3 is 16.0 Å². The lowest BCUT2D eigenvalue weighted by Gasteiger charge is -2.25. The number of hydrogen-bond donors (Lipinski definition) is 2. The van der Waals surface area contributed by atoms with Crippen molar-refractivity contribution in [1.82, 2.24) is 10.2 Å². The first kappa shape index (κ1) is 13.8. The van der Waals surface area contributed by atoms with Crippen molar-refractivity contribution in [2.24, 2.45) is 5.73 Å². The second-order valence-corrected chi connectivity index (χ2v) is 6.93. The zero-order chi connectivity index (χ0) is 15.3. The third kappa shape index (κ3) is 2.29. The maximum Gasteiger partial charge on any atom is 0.241 e. The van der Waals surface area contributed by atoms with Gasteiger partial charge in [0.15, 0.2) is 0 Å². The highest BCUT2D eigenvalue weighted by atomic mass is 16.2. The summed E-state index contributed by atoms with van der Waals surface area (Å²) in [6, 6.07) is 8.34. The van der Waals surface area contributed by atoms with E-state index in [4.69, 9.17) is 5.73 Å². The summed E-state index contributed by atoms with van der Waals surface area (Å²) in [5, 5.41) is 3.01. The molecule has 5 nitrogen and oxygen atoms in total. The fourth-order valence-electron chi connectivity index (χ4n) is 3.70. The minimum Gasteiger partial charge on any atom is -0.349 e. The van der Waals surface area contributed by atoms with Crippen molar-refractivity contribution in [1.29, 1.82) is 0 Å². The molecule has 1 heterocycles. The van der Waals surface area contributed by atoms with Gasteiger partial charge in [-0.3, -0.25) is 9.59 Å². The van der Waals surface area contributed by atoms with E-state index in [0.717, 1.165) is 24.0 Å². The summed E-state index contributed by atoms with van der Waals surface area (Å²) in [4.78, 5) is 26.5. The van der Waals surface area contributed by atoms with Crippen molar-refractivity contribution in [3.05, 3.63) is 35.4 Å². The van der Waals surface area contributed by atoms with Gasteiger partial charge in [-0.2, -0.15) is 0 Å². The van der Waals surface area contributed by atoms with Gasteiger partial charge in [0.25, 0.3) is 0 Å². The quantitative estimate of drug-likeness (QED) is 0.846. The van der Waals surface area contributed by atoms with Crippen molar-refractivity contribution in [2.75, 3.05) is 6.54 Å². The molecule has 0 unspecified atom stereocenters. The highest BCUT2D eigenvalue weighted by Gasteiger charge is 2.44. The van der Waals surface area contributed by atoms with Crippen LogP contribution in [0.2, 0.25) is 0 Å². The number of benzene rings is 1. The number of carbonyl (C=O) groups excluding carboxylic acids is 2. The third-order valence-electron chi connectivity index (χ3n) is 5.06. The van der Waals surface area contributed by atoms with Gasteiger partial charge in [-0.25, -0.2) is 0 Å². The lowest BCUT2D eigenvalue weighted by Crippen LogP contribution is -2.57. The normalized spacial score (nSPS) is 26.1. The molecule has 1 aromatic rings. The van der Waals surface area contributed by atoms with Gasteiger partial charge >= 0.3 is 0 Å². The Hall–Kier alpha value is -1.88. The summed E-state index contributed by atoms with van der Waals surface area (Å²) < 4.78 is 0. The van der Waals surface area contributed by atoms with Crippen LogP contribution in [0, 0.1) is 0 Å². The minimum absolute atomic E-state index is 0.0928. The molecule has 3 N–H and O–H groups in total. The highest BCUT2D eigenvalue weighted by Crippen LogP contribution is 2.32. The number of amides is 2. The Morgan fingerprint density at radius 1 is 1.23 bits per heavy atom. The van der Waals surface area contributed by atoms with Crippen LogP contribution in [0.1, 0.15) is 30.4 Å². The van der Waals surface area contributed by atoms with E-state index in [0.29, 0.717) is 31.8 Å². The summed E-state index contributed by atoms with van der Waals surface area (Å²) in [5.41, 5.74) is 7.80. The average Bonchev–Trinajstić information content (AvgIpc) is 3.16. The van der Waals surface area contributed by atoms with Gasteiger partial charge in [0.05, 0.1) is 6.04 Å². The second kappa shape index (κ2) is 4.81. The standard InChI is InChI=1S/C17H21N3O2/c18-17(8-11-3-1-2-4-12(11)9-17)16(22)19-13-7-15(21)20(10-13)14-5-6-14/h1-4,13-14H,5-10,18H2,(H,19,22)/t13-/m1/s1. The minimum atomic E-state index is -0.875. The zero-order valence-electron chi connectivity index (χ0n) is 12.5. The SMILES string of the molecule is NC1(C(=O)N[C@@H]2CC(=O)N(C3CC3)C2)Cc2ccccc2C1. The smallest absolute Gasteiger partial charge is 0.241 e. The number of nitrogens with one attached hydrogen (secondary N) is 1. The molecule has 22 heavy (non-hydrogen) atoms. The number of carbonyl (C=O) groups is 2. The molecule has 0 spiro atoms. The molecule has 0 bridgehead atoms. The van der Waals surface area contributed by atoms with E-state index in [1.54, 1.807) is 0 Å².